The Morgan fingerprint density at radius 2 is 1.97 bits per heavy atom. The van der Waals surface area contributed by atoms with Crippen LogP contribution in [0, 0.1) is 11.8 Å². The van der Waals surface area contributed by atoms with Crippen LogP contribution in [-0.2, 0) is 22.7 Å². The summed E-state index contributed by atoms with van der Waals surface area (Å²) < 4.78 is 2.24. The van der Waals surface area contributed by atoms with Crippen molar-refractivity contribution in [3.8, 4) is 0 Å². The molecule has 2 aliphatic rings. The molecule has 1 N–H and O–H groups in total. The first-order valence-electron chi connectivity index (χ1n) is 13.1. The molecule has 2 unspecified atom stereocenters. The molecule has 0 bridgehead atoms. The van der Waals surface area contributed by atoms with E-state index in [0.717, 1.165) is 49.0 Å². The van der Waals surface area contributed by atoms with E-state index < -0.39 is 0 Å². The third kappa shape index (κ3) is 5.67. The van der Waals surface area contributed by atoms with E-state index >= 15 is 0 Å². The second kappa shape index (κ2) is 11.1. The van der Waals surface area contributed by atoms with Crippen LogP contribution < -0.4 is 5.32 Å². The smallest absolute Gasteiger partial charge is 0.228 e. The van der Waals surface area contributed by atoms with Gasteiger partial charge >= 0.3 is 0 Å². The number of nitrogens with one attached hydrogen (secondary N) is 1. The first-order valence-corrected chi connectivity index (χ1v) is 13.1. The van der Waals surface area contributed by atoms with Crippen LogP contribution in [0.5, 0.6) is 0 Å². The lowest BCUT2D eigenvalue weighted by Crippen LogP contribution is -2.48. The van der Waals surface area contributed by atoms with E-state index in [1.165, 1.54) is 15.8 Å². The molecule has 2 atom stereocenters. The number of benzene rings is 1. The summed E-state index contributed by atoms with van der Waals surface area (Å²) in [6, 6.07) is 14.7. The molecule has 1 aliphatic carbocycles. The number of amides is 2. The number of piperidine rings is 1. The normalized spacial score (nSPS) is 19.7. The molecule has 7 heteroatoms. The average Bonchev–Trinajstić information content (AvgIpc) is 3.73. The molecule has 3 aromatic rings. The topological polar surface area (TPSA) is 70.5 Å². The molecule has 0 spiro atoms. The van der Waals surface area contributed by atoms with Gasteiger partial charge in [-0.2, -0.15) is 0 Å². The molecule has 2 aromatic heterocycles. The number of allylic oxidation sites excluding steroid dienone is 2. The molecule has 2 fully saturated rings. The van der Waals surface area contributed by atoms with Crippen LogP contribution in [0.15, 0.2) is 79.3 Å². The van der Waals surface area contributed by atoms with Gasteiger partial charge in [0.15, 0.2) is 0 Å². The van der Waals surface area contributed by atoms with Crippen LogP contribution in [0.4, 0.5) is 0 Å². The lowest BCUT2D eigenvalue weighted by Gasteiger charge is -2.36. The minimum absolute atomic E-state index is 0.0526. The van der Waals surface area contributed by atoms with Gasteiger partial charge in [-0.3, -0.25) is 14.6 Å². The molecular formula is C30H35N5O2. The first kappa shape index (κ1) is 25.0. The van der Waals surface area contributed by atoms with Gasteiger partial charge in [-0.05, 0) is 67.1 Å². The van der Waals surface area contributed by atoms with Gasteiger partial charge in [-0.15, -0.1) is 0 Å². The summed E-state index contributed by atoms with van der Waals surface area (Å²) in [4.78, 5) is 33.1. The number of para-hydroxylation sites is 1. The number of hydrogen-bond acceptors (Lipinski definition) is 4. The molecule has 3 heterocycles. The SMILES string of the molecule is C=C(/C=C\N(C)C=O)C1CCNCC1C(=O)N(Cc1cn(Cc2ccccn2)c2ccccc12)C1CC1. The molecule has 192 valence electrons. The molecule has 5 rings (SSSR count). The minimum Gasteiger partial charge on any atom is -0.341 e. The van der Waals surface area contributed by atoms with Gasteiger partial charge in [-0.1, -0.05) is 30.8 Å². The van der Waals surface area contributed by atoms with Crippen molar-refractivity contribution in [2.45, 2.75) is 38.4 Å². The lowest BCUT2D eigenvalue weighted by atomic mass is 9.80. The Labute approximate surface area is 218 Å². The molecule has 7 nitrogen and oxygen atoms in total. The maximum atomic E-state index is 14.1. The van der Waals surface area contributed by atoms with Gasteiger partial charge in [-0.25, -0.2) is 0 Å². The van der Waals surface area contributed by atoms with Gasteiger partial charge in [0.2, 0.25) is 12.3 Å². The molecule has 1 saturated heterocycles. The minimum atomic E-state index is -0.171. The Balaban J connectivity index is 1.40. The number of carbonyl (C=O) groups is 2. The second-order valence-corrected chi connectivity index (χ2v) is 10.2. The predicted molar refractivity (Wildman–Crippen MR) is 145 cm³/mol. The molecular weight excluding hydrogens is 462 g/mol. The summed E-state index contributed by atoms with van der Waals surface area (Å²) in [5.41, 5.74) is 4.23. The Hall–Kier alpha value is -3.71. The Morgan fingerprint density at radius 3 is 2.73 bits per heavy atom. The largest absolute Gasteiger partial charge is 0.341 e. The van der Waals surface area contributed by atoms with Gasteiger partial charge in [0.25, 0.3) is 0 Å². The summed E-state index contributed by atoms with van der Waals surface area (Å²) in [5.74, 6) is 0.0752. The third-order valence-electron chi connectivity index (χ3n) is 7.51. The summed E-state index contributed by atoms with van der Waals surface area (Å²) in [6.45, 7) is 7.05. The standard InChI is InChI=1S/C30H35N5O2/c1-22(13-16-33(2)21-36)26-12-15-31-17-28(26)30(37)35(25-10-11-25)19-23-18-34(20-24-7-5-6-14-32-24)29-9-4-3-8-27(23)29/h3-9,13-14,16,18,21,25-26,28,31H,1,10-12,15,17,19-20H2,2H3/b16-13-. The fourth-order valence-corrected chi connectivity index (χ4v) is 5.35. The highest BCUT2D eigenvalue weighted by molar-refractivity contribution is 5.85. The van der Waals surface area contributed by atoms with Crippen LogP contribution in [0.3, 0.4) is 0 Å². The molecule has 1 aliphatic heterocycles. The van der Waals surface area contributed by atoms with E-state index in [-0.39, 0.29) is 23.8 Å². The number of rotatable bonds is 10. The monoisotopic (exact) mass is 497 g/mol. The van der Waals surface area contributed by atoms with E-state index in [9.17, 15) is 9.59 Å². The number of hydrogen-bond donors (Lipinski definition) is 1. The van der Waals surface area contributed by atoms with Crippen molar-refractivity contribution in [3.05, 3.63) is 90.5 Å². The zero-order valence-corrected chi connectivity index (χ0v) is 21.4. The quantitative estimate of drug-likeness (QED) is 0.340. The number of nitrogens with zero attached hydrogens (tertiary/aromatic N) is 4. The van der Waals surface area contributed by atoms with Gasteiger partial charge in [0.1, 0.15) is 0 Å². The van der Waals surface area contributed by atoms with Gasteiger partial charge in [0.05, 0.1) is 18.2 Å². The van der Waals surface area contributed by atoms with E-state index in [1.807, 2.05) is 30.5 Å². The van der Waals surface area contributed by atoms with E-state index in [2.05, 4.69) is 56.8 Å². The molecule has 1 saturated carbocycles. The van der Waals surface area contributed by atoms with Crippen molar-refractivity contribution in [1.29, 1.82) is 0 Å². The number of aromatic nitrogens is 2. The maximum Gasteiger partial charge on any atom is 0.228 e. The molecule has 0 radical (unpaired) electrons. The fourth-order valence-electron chi connectivity index (χ4n) is 5.35. The van der Waals surface area contributed by atoms with E-state index in [0.29, 0.717) is 19.6 Å². The highest BCUT2D eigenvalue weighted by atomic mass is 16.2. The predicted octanol–water partition coefficient (Wildman–Crippen LogP) is 3.96. The Morgan fingerprint density at radius 1 is 1.16 bits per heavy atom. The van der Waals surface area contributed by atoms with E-state index in [4.69, 9.17) is 0 Å². The zero-order valence-electron chi connectivity index (χ0n) is 21.4. The van der Waals surface area contributed by atoms with Crippen molar-refractivity contribution in [2.75, 3.05) is 20.1 Å². The van der Waals surface area contributed by atoms with E-state index in [1.54, 1.807) is 13.2 Å². The summed E-state index contributed by atoms with van der Waals surface area (Å²) >= 11 is 0. The van der Waals surface area contributed by atoms with Crippen LogP contribution >= 0.6 is 0 Å². The van der Waals surface area contributed by atoms with Crippen molar-refractivity contribution >= 4 is 23.2 Å². The van der Waals surface area contributed by atoms with Crippen molar-refractivity contribution < 1.29 is 9.59 Å². The van der Waals surface area contributed by atoms with Crippen LogP contribution in [0.2, 0.25) is 0 Å². The Bertz CT molecular complexity index is 1290. The maximum absolute atomic E-state index is 14.1. The number of fused-ring (bicyclic) bond motifs is 1. The van der Waals surface area contributed by atoms with Crippen molar-refractivity contribution in [1.82, 2.24) is 24.7 Å². The summed E-state index contributed by atoms with van der Waals surface area (Å²) in [5, 5.41) is 4.61. The fraction of sp³-hybridized carbons (Fsp3) is 0.367. The van der Waals surface area contributed by atoms with Crippen LogP contribution in [0.25, 0.3) is 10.9 Å². The lowest BCUT2D eigenvalue weighted by molar-refractivity contribution is -0.138. The van der Waals surface area contributed by atoms with Crippen LogP contribution in [-0.4, -0.2) is 57.8 Å². The van der Waals surface area contributed by atoms with Crippen LogP contribution in [0.1, 0.15) is 30.5 Å². The summed E-state index contributed by atoms with van der Waals surface area (Å²) in [6.07, 6.45) is 11.3. The highest BCUT2D eigenvalue weighted by Gasteiger charge is 2.40. The van der Waals surface area contributed by atoms with Crippen molar-refractivity contribution in [3.63, 3.8) is 0 Å². The molecule has 2 amide bonds. The third-order valence-corrected chi connectivity index (χ3v) is 7.51. The Kier molecular flexibility index (Phi) is 7.51. The molecule has 37 heavy (non-hydrogen) atoms. The molecule has 1 aromatic carbocycles. The number of carbonyl (C=O) groups excluding carboxylic acids is 2. The second-order valence-electron chi connectivity index (χ2n) is 10.2. The average molecular weight is 498 g/mol. The zero-order chi connectivity index (χ0) is 25.8. The van der Waals surface area contributed by atoms with Gasteiger partial charge in [0, 0.05) is 55.7 Å². The first-order chi connectivity index (χ1) is 18.0. The van der Waals surface area contributed by atoms with Crippen molar-refractivity contribution in [2.24, 2.45) is 11.8 Å². The summed E-state index contributed by atoms with van der Waals surface area (Å²) in [7, 11) is 1.70. The highest BCUT2D eigenvalue weighted by Crippen LogP contribution is 2.35. The number of pyridine rings is 1. The van der Waals surface area contributed by atoms with Gasteiger partial charge < -0.3 is 19.7 Å².